The van der Waals surface area contributed by atoms with Gasteiger partial charge in [0.15, 0.2) is 11.5 Å². The Morgan fingerprint density at radius 1 is 0.925 bits per heavy atom. The Bertz CT molecular complexity index is 1450. The van der Waals surface area contributed by atoms with E-state index in [1.165, 1.54) is 16.7 Å². The van der Waals surface area contributed by atoms with Crippen LogP contribution < -0.4 is 24.4 Å². The van der Waals surface area contributed by atoms with Crippen LogP contribution in [0.25, 0.3) is 11.0 Å². The number of hydrogen-bond donors (Lipinski definition) is 1. The van der Waals surface area contributed by atoms with Gasteiger partial charge in [0.2, 0.25) is 11.8 Å². The minimum absolute atomic E-state index is 0.138. The van der Waals surface area contributed by atoms with E-state index >= 15 is 0 Å². The standard InChI is InChI=1S/C30H35N5O5/c1-20(2)16-17-31-30(37)29(21-10-13-23(38-3)14-11-21)35(22-12-15-26(39-4)27(18-22)40-5)28(36)19-34-25-9-7-6-8-24(25)32-33-34/h6-15,18,20,29H,16-17,19H2,1-5H3,(H,31,37). The zero-order valence-electron chi connectivity index (χ0n) is 23.5. The van der Waals surface area contributed by atoms with Crippen LogP contribution in [0, 0.1) is 5.92 Å². The molecule has 40 heavy (non-hydrogen) atoms. The van der Waals surface area contributed by atoms with Gasteiger partial charge in [0.25, 0.3) is 0 Å². The molecule has 4 aromatic rings. The number of para-hydroxylation sites is 1. The lowest BCUT2D eigenvalue weighted by molar-refractivity contribution is -0.127. The summed E-state index contributed by atoms with van der Waals surface area (Å²) >= 11 is 0. The number of anilines is 1. The van der Waals surface area contributed by atoms with Crippen LogP contribution in [-0.2, 0) is 16.1 Å². The number of nitrogens with one attached hydrogen (secondary N) is 1. The normalized spacial score (nSPS) is 11.8. The number of carbonyl (C=O) groups is 2. The second-order valence-corrected chi connectivity index (χ2v) is 9.69. The Labute approximate surface area is 233 Å². The van der Waals surface area contributed by atoms with Crippen LogP contribution in [0.2, 0.25) is 0 Å². The maximum Gasteiger partial charge on any atom is 0.249 e. The molecule has 0 spiro atoms. The first-order valence-electron chi connectivity index (χ1n) is 13.1. The summed E-state index contributed by atoms with van der Waals surface area (Å²) in [5, 5.41) is 11.4. The third-order valence-corrected chi connectivity index (χ3v) is 6.58. The van der Waals surface area contributed by atoms with Crippen LogP contribution in [0.4, 0.5) is 5.69 Å². The quantitative estimate of drug-likeness (QED) is 0.281. The molecule has 0 bridgehead atoms. The van der Waals surface area contributed by atoms with Crippen LogP contribution in [0.3, 0.4) is 0 Å². The fraction of sp³-hybridized carbons (Fsp3) is 0.333. The molecule has 10 nitrogen and oxygen atoms in total. The minimum atomic E-state index is -0.988. The monoisotopic (exact) mass is 545 g/mol. The third-order valence-electron chi connectivity index (χ3n) is 6.58. The summed E-state index contributed by atoms with van der Waals surface area (Å²) in [7, 11) is 4.64. The number of fused-ring (bicyclic) bond motifs is 1. The number of ether oxygens (including phenoxy) is 3. The van der Waals surface area contributed by atoms with E-state index in [0.29, 0.717) is 52.0 Å². The number of benzene rings is 3. The Balaban J connectivity index is 1.82. The van der Waals surface area contributed by atoms with E-state index in [4.69, 9.17) is 14.2 Å². The van der Waals surface area contributed by atoms with Gasteiger partial charge in [0.1, 0.15) is 23.9 Å². The van der Waals surface area contributed by atoms with Crippen molar-refractivity contribution in [2.24, 2.45) is 5.92 Å². The first kappa shape index (κ1) is 28.4. The van der Waals surface area contributed by atoms with Crippen molar-refractivity contribution in [3.05, 3.63) is 72.3 Å². The predicted octanol–water partition coefficient (Wildman–Crippen LogP) is 4.39. The molecule has 210 valence electrons. The number of carbonyl (C=O) groups excluding carboxylic acids is 2. The van der Waals surface area contributed by atoms with Gasteiger partial charge in [-0.25, -0.2) is 4.68 Å². The van der Waals surface area contributed by atoms with Crippen molar-refractivity contribution in [3.63, 3.8) is 0 Å². The number of aromatic nitrogens is 3. The van der Waals surface area contributed by atoms with E-state index in [2.05, 4.69) is 29.5 Å². The molecular weight excluding hydrogens is 510 g/mol. The molecule has 1 heterocycles. The fourth-order valence-electron chi connectivity index (χ4n) is 4.43. The molecule has 0 saturated heterocycles. The third kappa shape index (κ3) is 6.33. The molecule has 0 fully saturated rings. The van der Waals surface area contributed by atoms with Gasteiger partial charge in [0, 0.05) is 18.3 Å². The van der Waals surface area contributed by atoms with Crippen molar-refractivity contribution in [2.75, 3.05) is 32.8 Å². The molecule has 1 N–H and O–H groups in total. The zero-order valence-corrected chi connectivity index (χ0v) is 23.5. The maximum absolute atomic E-state index is 14.2. The molecule has 1 atom stereocenters. The highest BCUT2D eigenvalue weighted by atomic mass is 16.5. The predicted molar refractivity (Wildman–Crippen MR) is 153 cm³/mol. The van der Waals surface area contributed by atoms with Gasteiger partial charge in [-0.3, -0.25) is 14.5 Å². The minimum Gasteiger partial charge on any atom is -0.497 e. The van der Waals surface area contributed by atoms with E-state index in [1.54, 1.807) is 56.7 Å². The van der Waals surface area contributed by atoms with Crippen molar-refractivity contribution in [2.45, 2.75) is 32.9 Å². The smallest absolute Gasteiger partial charge is 0.249 e. The molecule has 0 radical (unpaired) electrons. The first-order chi connectivity index (χ1) is 19.4. The summed E-state index contributed by atoms with van der Waals surface area (Å²) in [6, 6.07) is 18.7. The van der Waals surface area contributed by atoms with Crippen LogP contribution in [-0.4, -0.2) is 54.7 Å². The fourth-order valence-corrected chi connectivity index (χ4v) is 4.43. The number of rotatable bonds is 12. The summed E-state index contributed by atoms with van der Waals surface area (Å²) in [6.45, 7) is 4.52. The van der Waals surface area contributed by atoms with Gasteiger partial charge in [-0.2, -0.15) is 0 Å². The lowest BCUT2D eigenvalue weighted by Gasteiger charge is -2.32. The van der Waals surface area contributed by atoms with Crippen molar-refractivity contribution >= 4 is 28.5 Å². The Morgan fingerprint density at radius 2 is 1.65 bits per heavy atom. The van der Waals surface area contributed by atoms with E-state index in [-0.39, 0.29) is 18.4 Å². The van der Waals surface area contributed by atoms with E-state index in [0.717, 1.165) is 6.42 Å². The highest BCUT2D eigenvalue weighted by Crippen LogP contribution is 2.36. The second-order valence-electron chi connectivity index (χ2n) is 9.69. The van der Waals surface area contributed by atoms with Crippen molar-refractivity contribution in [1.82, 2.24) is 20.3 Å². The molecule has 3 aromatic carbocycles. The molecule has 1 unspecified atom stereocenters. The Hall–Kier alpha value is -4.60. The Morgan fingerprint density at radius 3 is 2.33 bits per heavy atom. The van der Waals surface area contributed by atoms with Crippen LogP contribution >= 0.6 is 0 Å². The van der Waals surface area contributed by atoms with Gasteiger partial charge in [0.05, 0.1) is 26.8 Å². The first-order valence-corrected chi connectivity index (χ1v) is 13.1. The number of hydrogen-bond acceptors (Lipinski definition) is 7. The lowest BCUT2D eigenvalue weighted by Crippen LogP contribution is -2.45. The topological polar surface area (TPSA) is 108 Å². The average molecular weight is 546 g/mol. The van der Waals surface area contributed by atoms with E-state index in [1.807, 2.05) is 24.3 Å². The zero-order chi connectivity index (χ0) is 28.6. The van der Waals surface area contributed by atoms with E-state index in [9.17, 15) is 9.59 Å². The number of nitrogens with zero attached hydrogens (tertiary/aromatic N) is 4. The Kier molecular flexibility index (Phi) is 9.21. The molecule has 1 aromatic heterocycles. The van der Waals surface area contributed by atoms with Gasteiger partial charge in [-0.15, -0.1) is 5.10 Å². The molecule has 2 amide bonds. The molecule has 0 aliphatic heterocycles. The summed E-state index contributed by atoms with van der Waals surface area (Å²) in [6.07, 6.45) is 0.802. The van der Waals surface area contributed by atoms with Gasteiger partial charge >= 0.3 is 0 Å². The molecule has 4 rings (SSSR count). The van der Waals surface area contributed by atoms with Crippen LogP contribution in [0.15, 0.2) is 66.7 Å². The van der Waals surface area contributed by atoms with Gasteiger partial charge in [-0.1, -0.05) is 43.3 Å². The van der Waals surface area contributed by atoms with Crippen LogP contribution in [0.1, 0.15) is 31.9 Å². The van der Waals surface area contributed by atoms with Gasteiger partial charge < -0.3 is 19.5 Å². The molecule has 0 aliphatic rings. The summed E-state index contributed by atoms with van der Waals surface area (Å²) < 4.78 is 17.8. The van der Waals surface area contributed by atoms with E-state index < -0.39 is 6.04 Å². The van der Waals surface area contributed by atoms with Crippen molar-refractivity contribution in [3.8, 4) is 17.2 Å². The summed E-state index contributed by atoms with van der Waals surface area (Å²) in [5.41, 5.74) is 2.47. The van der Waals surface area contributed by atoms with Crippen LogP contribution in [0.5, 0.6) is 17.2 Å². The maximum atomic E-state index is 14.2. The largest absolute Gasteiger partial charge is 0.497 e. The lowest BCUT2D eigenvalue weighted by atomic mass is 10.0. The summed E-state index contributed by atoms with van der Waals surface area (Å²) in [4.78, 5) is 29.5. The number of amides is 2. The van der Waals surface area contributed by atoms with Crippen molar-refractivity contribution in [1.29, 1.82) is 0 Å². The second kappa shape index (κ2) is 13.0. The number of methoxy groups -OCH3 is 3. The highest BCUT2D eigenvalue weighted by molar-refractivity contribution is 6.01. The summed E-state index contributed by atoms with van der Waals surface area (Å²) in [5.74, 6) is 1.31. The SMILES string of the molecule is COc1ccc(C(C(=O)NCCC(C)C)N(C(=O)Cn2nnc3ccccc32)c2ccc(OC)c(OC)c2)cc1. The average Bonchev–Trinajstić information content (AvgIpc) is 3.37. The molecule has 0 saturated carbocycles. The van der Waals surface area contributed by atoms with Crippen molar-refractivity contribution < 1.29 is 23.8 Å². The molecular formula is C30H35N5O5. The van der Waals surface area contributed by atoms with Gasteiger partial charge in [-0.05, 0) is 54.3 Å². The molecule has 10 heteroatoms. The highest BCUT2D eigenvalue weighted by Gasteiger charge is 2.34. The molecule has 0 aliphatic carbocycles.